The van der Waals surface area contributed by atoms with Crippen LogP contribution in [0.3, 0.4) is 0 Å². The summed E-state index contributed by atoms with van der Waals surface area (Å²) in [6.07, 6.45) is 6.87. The predicted molar refractivity (Wildman–Crippen MR) is 91.2 cm³/mol. The Hall–Kier alpha value is -0.910. The Kier molecular flexibility index (Phi) is 7.53. The molecule has 0 radical (unpaired) electrons. The van der Waals surface area contributed by atoms with E-state index in [1.54, 1.807) is 12.1 Å². The fraction of sp³-hybridized carbons (Fsp3) is 0.667. The maximum absolute atomic E-state index is 12.2. The van der Waals surface area contributed by atoms with Crippen molar-refractivity contribution >= 4 is 9.84 Å². The van der Waals surface area contributed by atoms with Gasteiger partial charge in [0.1, 0.15) is 0 Å². The Balaban J connectivity index is 1.56. The number of aryl methyl sites for hydroxylation is 1. The van der Waals surface area contributed by atoms with Gasteiger partial charge in [0, 0.05) is 13.2 Å². The molecule has 1 heterocycles. The van der Waals surface area contributed by atoms with Crippen LogP contribution in [0.1, 0.15) is 50.5 Å². The molecule has 0 saturated carbocycles. The van der Waals surface area contributed by atoms with E-state index in [9.17, 15) is 8.42 Å². The van der Waals surface area contributed by atoms with E-state index in [0.717, 1.165) is 44.3 Å². The van der Waals surface area contributed by atoms with Crippen LogP contribution in [0.25, 0.3) is 0 Å². The molecule has 1 aromatic rings. The SMILES string of the molecule is Cc1ccc(S(=O)(=O)CCCCCCOC2CCCCO2)cc1. The molecule has 4 nitrogen and oxygen atoms in total. The summed E-state index contributed by atoms with van der Waals surface area (Å²) in [4.78, 5) is 0.431. The topological polar surface area (TPSA) is 52.6 Å². The van der Waals surface area contributed by atoms with E-state index < -0.39 is 9.84 Å². The Morgan fingerprint density at radius 3 is 2.52 bits per heavy atom. The van der Waals surface area contributed by atoms with Crippen LogP contribution in [0.5, 0.6) is 0 Å². The van der Waals surface area contributed by atoms with Crippen molar-refractivity contribution in [2.75, 3.05) is 19.0 Å². The maximum atomic E-state index is 12.2. The van der Waals surface area contributed by atoms with Crippen LogP contribution in [-0.2, 0) is 19.3 Å². The van der Waals surface area contributed by atoms with E-state index in [2.05, 4.69) is 0 Å². The van der Waals surface area contributed by atoms with Gasteiger partial charge in [0.25, 0.3) is 0 Å². The zero-order valence-corrected chi connectivity index (χ0v) is 14.8. The van der Waals surface area contributed by atoms with Crippen LogP contribution in [0.2, 0.25) is 0 Å². The molecule has 0 N–H and O–H groups in total. The van der Waals surface area contributed by atoms with Crippen LogP contribution < -0.4 is 0 Å². The minimum atomic E-state index is -3.14. The largest absolute Gasteiger partial charge is 0.353 e. The van der Waals surface area contributed by atoms with E-state index in [-0.39, 0.29) is 12.0 Å². The lowest BCUT2D eigenvalue weighted by Gasteiger charge is -2.22. The molecule has 0 amide bonds. The summed E-state index contributed by atoms with van der Waals surface area (Å²) in [7, 11) is -3.14. The van der Waals surface area contributed by atoms with E-state index in [4.69, 9.17) is 9.47 Å². The number of sulfone groups is 1. The van der Waals surface area contributed by atoms with E-state index >= 15 is 0 Å². The van der Waals surface area contributed by atoms with Gasteiger partial charge in [-0.05, 0) is 51.2 Å². The summed E-state index contributed by atoms with van der Waals surface area (Å²) in [5.41, 5.74) is 1.07. The molecular weight excluding hydrogens is 312 g/mol. The Bertz CT molecular complexity index is 545. The molecule has 23 heavy (non-hydrogen) atoms. The highest BCUT2D eigenvalue weighted by molar-refractivity contribution is 7.91. The normalized spacial score (nSPS) is 18.9. The van der Waals surface area contributed by atoms with Crippen LogP contribution in [-0.4, -0.2) is 33.7 Å². The average Bonchev–Trinajstić information content (AvgIpc) is 2.55. The monoisotopic (exact) mass is 340 g/mol. The number of ether oxygens (including phenoxy) is 2. The van der Waals surface area contributed by atoms with Gasteiger partial charge in [-0.2, -0.15) is 0 Å². The summed E-state index contributed by atoms with van der Waals surface area (Å²) < 4.78 is 35.6. The van der Waals surface area contributed by atoms with Gasteiger partial charge in [-0.15, -0.1) is 0 Å². The first-order valence-corrected chi connectivity index (χ1v) is 10.3. The van der Waals surface area contributed by atoms with Gasteiger partial charge < -0.3 is 9.47 Å². The van der Waals surface area contributed by atoms with Crippen molar-refractivity contribution in [1.82, 2.24) is 0 Å². The fourth-order valence-corrected chi connectivity index (χ4v) is 4.04. The number of hydrogen-bond donors (Lipinski definition) is 0. The second-order valence-corrected chi connectivity index (χ2v) is 8.32. The van der Waals surface area contributed by atoms with Crippen molar-refractivity contribution in [3.63, 3.8) is 0 Å². The smallest absolute Gasteiger partial charge is 0.178 e. The fourth-order valence-electron chi connectivity index (χ4n) is 2.67. The summed E-state index contributed by atoms with van der Waals surface area (Å²) >= 11 is 0. The molecule has 1 aromatic carbocycles. The lowest BCUT2D eigenvalue weighted by atomic mass is 10.2. The molecule has 2 rings (SSSR count). The third-order valence-electron chi connectivity index (χ3n) is 4.13. The number of rotatable bonds is 9. The van der Waals surface area contributed by atoms with Gasteiger partial charge in [-0.3, -0.25) is 0 Å². The van der Waals surface area contributed by atoms with Crippen molar-refractivity contribution in [1.29, 1.82) is 0 Å². The van der Waals surface area contributed by atoms with Crippen LogP contribution >= 0.6 is 0 Å². The summed E-state index contributed by atoms with van der Waals surface area (Å²) in [5.74, 6) is 0.225. The van der Waals surface area contributed by atoms with E-state index in [1.807, 2.05) is 19.1 Å². The highest BCUT2D eigenvalue weighted by Crippen LogP contribution is 2.16. The van der Waals surface area contributed by atoms with E-state index in [1.165, 1.54) is 6.42 Å². The first-order chi connectivity index (χ1) is 11.1. The lowest BCUT2D eigenvalue weighted by Crippen LogP contribution is -2.22. The minimum Gasteiger partial charge on any atom is -0.353 e. The number of hydrogen-bond acceptors (Lipinski definition) is 4. The minimum absolute atomic E-state index is 0.0225. The zero-order valence-electron chi connectivity index (χ0n) is 14.0. The van der Waals surface area contributed by atoms with Gasteiger partial charge in [0.15, 0.2) is 16.1 Å². The predicted octanol–water partition coefficient (Wildman–Crippen LogP) is 3.87. The standard InChI is InChI=1S/C18H28O4S/c1-16-9-11-17(12-10-16)23(19,20)15-7-3-2-5-13-21-18-8-4-6-14-22-18/h9-12,18H,2-8,13-15H2,1H3. The molecule has 1 saturated heterocycles. The molecule has 1 aliphatic heterocycles. The second-order valence-electron chi connectivity index (χ2n) is 6.21. The lowest BCUT2D eigenvalue weighted by molar-refractivity contribution is -0.162. The number of unbranched alkanes of at least 4 members (excludes halogenated alkanes) is 3. The van der Waals surface area contributed by atoms with Crippen molar-refractivity contribution in [2.24, 2.45) is 0 Å². The molecule has 5 heteroatoms. The molecular formula is C18H28O4S. The van der Waals surface area contributed by atoms with Crippen molar-refractivity contribution < 1.29 is 17.9 Å². The van der Waals surface area contributed by atoms with Crippen LogP contribution in [0.4, 0.5) is 0 Å². The third kappa shape index (κ3) is 6.61. The first-order valence-electron chi connectivity index (χ1n) is 8.60. The van der Waals surface area contributed by atoms with Gasteiger partial charge in [-0.1, -0.05) is 30.5 Å². The van der Waals surface area contributed by atoms with Gasteiger partial charge >= 0.3 is 0 Å². The molecule has 1 atom stereocenters. The number of benzene rings is 1. The molecule has 130 valence electrons. The molecule has 1 fully saturated rings. The van der Waals surface area contributed by atoms with Crippen molar-refractivity contribution in [3.05, 3.63) is 29.8 Å². The highest BCUT2D eigenvalue weighted by atomic mass is 32.2. The zero-order chi connectivity index (χ0) is 16.5. The van der Waals surface area contributed by atoms with Crippen LogP contribution in [0.15, 0.2) is 29.2 Å². The van der Waals surface area contributed by atoms with E-state index in [0.29, 0.717) is 17.9 Å². The maximum Gasteiger partial charge on any atom is 0.178 e. The second kappa shape index (κ2) is 9.40. The summed E-state index contributed by atoms with van der Waals surface area (Å²) in [6.45, 7) is 3.47. The van der Waals surface area contributed by atoms with Gasteiger partial charge in [-0.25, -0.2) is 8.42 Å². The van der Waals surface area contributed by atoms with Crippen molar-refractivity contribution in [3.8, 4) is 0 Å². The molecule has 1 unspecified atom stereocenters. The Labute approximate surface area is 140 Å². The van der Waals surface area contributed by atoms with Crippen LogP contribution in [0, 0.1) is 6.92 Å². The Morgan fingerprint density at radius 1 is 1.09 bits per heavy atom. The summed E-state index contributed by atoms with van der Waals surface area (Å²) in [6, 6.07) is 7.08. The quantitative estimate of drug-likeness (QED) is 0.640. The molecule has 0 spiro atoms. The van der Waals surface area contributed by atoms with Gasteiger partial charge in [0.2, 0.25) is 0 Å². The molecule has 0 aliphatic carbocycles. The molecule has 0 bridgehead atoms. The van der Waals surface area contributed by atoms with Gasteiger partial charge in [0.05, 0.1) is 10.6 Å². The summed E-state index contributed by atoms with van der Waals surface area (Å²) in [5, 5.41) is 0. The van der Waals surface area contributed by atoms with Crippen molar-refractivity contribution in [2.45, 2.75) is 63.1 Å². The average molecular weight is 340 g/mol. The molecule has 0 aromatic heterocycles. The molecule has 1 aliphatic rings. The first kappa shape index (κ1) is 18.4. The Morgan fingerprint density at radius 2 is 1.83 bits per heavy atom. The highest BCUT2D eigenvalue weighted by Gasteiger charge is 2.14. The third-order valence-corrected chi connectivity index (χ3v) is 5.95.